The Labute approximate surface area is 196 Å². The number of carbonyl (C=O) groups is 1. The summed E-state index contributed by atoms with van der Waals surface area (Å²) in [6, 6.07) is 17.0. The molecular formula is C25H24N2O7. The summed E-state index contributed by atoms with van der Waals surface area (Å²) in [5.74, 6) is 0.671. The zero-order valence-electron chi connectivity index (χ0n) is 19.2. The second-order valence-corrected chi connectivity index (χ2v) is 7.61. The summed E-state index contributed by atoms with van der Waals surface area (Å²) in [5.41, 5.74) is 1.78. The van der Waals surface area contributed by atoms with Crippen LogP contribution in [0.2, 0.25) is 0 Å². The molecule has 0 spiro atoms. The van der Waals surface area contributed by atoms with Crippen molar-refractivity contribution in [1.82, 2.24) is 0 Å². The Morgan fingerprint density at radius 3 is 1.94 bits per heavy atom. The molecule has 0 unspecified atom stereocenters. The van der Waals surface area contributed by atoms with Crippen LogP contribution >= 0.6 is 0 Å². The van der Waals surface area contributed by atoms with Crippen LogP contribution in [0.4, 0.5) is 11.4 Å². The van der Waals surface area contributed by atoms with Gasteiger partial charge in [-0.1, -0.05) is 36.4 Å². The van der Waals surface area contributed by atoms with Gasteiger partial charge in [0.05, 0.1) is 51.0 Å². The van der Waals surface area contributed by atoms with Crippen molar-refractivity contribution >= 4 is 17.3 Å². The number of rotatable bonds is 8. The molecule has 176 valence electrons. The van der Waals surface area contributed by atoms with E-state index in [1.807, 2.05) is 30.3 Å². The quantitative estimate of drug-likeness (QED) is 0.275. The van der Waals surface area contributed by atoms with Crippen LogP contribution in [0, 0.1) is 10.1 Å². The van der Waals surface area contributed by atoms with Gasteiger partial charge in [0.25, 0.3) is 0 Å². The molecule has 3 aromatic carbocycles. The van der Waals surface area contributed by atoms with E-state index >= 15 is 0 Å². The van der Waals surface area contributed by atoms with Gasteiger partial charge in [-0.15, -0.1) is 0 Å². The minimum absolute atomic E-state index is 0.148. The molecule has 0 aromatic heterocycles. The standard InChI is InChI=1S/C25H24N2O7/c1-31-19-11-10-16(12-18(19)27(29)30)23-22(15-8-6-5-7-9-15)25(28)26(23)17-13-20(32-2)24(34-4)21(14-17)33-3/h5-14,22-23H,1-4H3/t22-,23-/m1/s1. The summed E-state index contributed by atoms with van der Waals surface area (Å²) in [6.45, 7) is 0. The van der Waals surface area contributed by atoms with Gasteiger partial charge in [-0.3, -0.25) is 14.9 Å². The smallest absolute Gasteiger partial charge is 0.311 e. The highest BCUT2D eigenvalue weighted by atomic mass is 16.6. The Hall–Kier alpha value is -4.27. The number of carbonyl (C=O) groups excluding carboxylic acids is 1. The van der Waals surface area contributed by atoms with Crippen molar-refractivity contribution in [1.29, 1.82) is 0 Å². The van der Waals surface area contributed by atoms with Crippen LogP contribution in [0.1, 0.15) is 23.1 Å². The fourth-order valence-corrected chi connectivity index (χ4v) is 4.34. The van der Waals surface area contributed by atoms with Gasteiger partial charge in [0.15, 0.2) is 17.2 Å². The largest absolute Gasteiger partial charge is 0.493 e. The first kappa shape index (κ1) is 22.9. The molecular weight excluding hydrogens is 440 g/mol. The maximum Gasteiger partial charge on any atom is 0.311 e. The van der Waals surface area contributed by atoms with Crippen molar-refractivity contribution in [2.45, 2.75) is 12.0 Å². The summed E-state index contributed by atoms with van der Waals surface area (Å²) in [6.07, 6.45) is 0. The molecule has 9 heteroatoms. The molecule has 1 aliphatic rings. The van der Waals surface area contributed by atoms with Gasteiger partial charge >= 0.3 is 5.69 Å². The number of hydrogen-bond donors (Lipinski definition) is 0. The molecule has 3 aromatic rings. The number of methoxy groups -OCH3 is 4. The fourth-order valence-electron chi connectivity index (χ4n) is 4.34. The molecule has 0 bridgehead atoms. The van der Waals surface area contributed by atoms with Gasteiger partial charge < -0.3 is 23.8 Å². The molecule has 34 heavy (non-hydrogen) atoms. The zero-order valence-corrected chi connectivity index (χ0v) is 19.2. The van der Waals surface area contributed by atoms with Gasteiger partial charge in [0.1, 0.15) is 0 Å². The van der Waals surface area contributed by atoms with Crippen LogP contribution in [0.5, 0.6) is 23.0 Å². The summed E-state index contributed by atoms with van der Waals surface area (Å²) >= 11 is 0. The van der Waals surface area contributed by atoms with Crippen LogP contribution in [0.15, 0.2) is 60.7 Å². The highest BCUT2D eigenvalue weighted by Crippen LogP contribution is 2.52. The number of nitro benzene ring substituents is 1. The van der Waals surface area contributed by atoms with E-state index in [-0.39, 0.29) is 17.3 Å². The van der Waals surface area contributed by atoms with Crippen LogP contribution < -0.4 is 23.8 Å². The SMILES string of the molecule is COc1ccc([C@@H]2[C@@H](c3ccccc3)C(=O)N2c2cc(OC)c(OC)c(OC)c2)cc1[N+](=O)[O-]. The Morgan fingerprint density at radius 1 is 0.794 bits per heavy atom. The predicted octanol–water partition coefficient (Wildman–Crippen LogP) is 4.50. The van der Waals surface area contributed by atoms with Crippen LogP contribution in [-0.4, -0.2) is 39.3 Å². The number of benzene rings is 3. The van der Waals surface area contributed by atoms with Crippen LogP contribution in [0.3, 0.4) is 0 Å². The lowest BCUT2D eigenvalue weighted by Crippen LogP contribution is -2.53. The molecule has 0 aliphatic carbocycles. The molecule has 1 amide bonds. The van der Waals surface area contributed by atoms with E-state index in [0.717, 1.165) is 5.56 Å². The average molecular weight is 464 g/mol. The van der Waals surface area contributed by atoms with Crippen molar-refractivity contribution < 1.29 is 28.7 Å². The van der Waals surface area contributed by atoms with E-state index in [1.165, 1.54) is 34.5 Å². The van der Waals surface area contributed by atoms with E-state index in [1.54, 1.807) is 29.2 Å². The first-order valence-corrected chi connectivity index (χ1v) is 10.5. The zero-order chi connectivity index (χ0) is 24.4. The monoisotopic (exact) mass is 464 g/mol. The molecule has 1 aliphatic heterocycles. The van der Waals surface area contributed by atoms with Gasteiger partial charge in [-0.2, -0.15) is 0 Å². The molecule has 0 N–H and O–H groups in total. The minimum Gasteiger partial charge on any atom is -0.493 e. The molecule has 0 saturated carbocycles. The summed E-state index contributed by atoms with van der Waals surface area (Å²) in [5, 5.41) is 11.7. The molecule has 1 saturated heterocycles. The second-order valence-electron chi connectivity index (χ2n) is 7.61. The number of hydrogen-bond acceptors (Lipinski definition) is 7. The van der Waals surface area contributed by atoms with Gasteiger partial charge in [0, 0.05) is 18.2 Å². The fraction of sp³-hybridized carbons (Fsp3) is 0.240. The van der Waals surface area contributed by atoms with Crippen molar-refractivity contribution in [3.05, 3.63) is 81.9 Å². The molecule has 2 atom stereocenters. The number of nitrogens with zero attached hydrogens (tertiary/aromatic N) is 2. The van der Waals surface area contributed by atoms with E-state index in [4.69, 9.17) is 18.9 Å². The third kappa shape index (κ3) is 3.75. The van der Waals surface area contributed by atoms with Gasteiger partial charge in [0.2, 0.25) is 11.7 Å². The van der Waals surface area contributed by atoms with Crippen LogP contribution in [0.25, 0.3) is 0 Å². The van der Waals surface area contributed by atoms with Crippen molar-refractivity contribution in [2.24, 2.45) is 0 Å². The number of nitro groups is 1. The third-order valence-electron chi connectivity index (χ3n) is 5.92. The predicted molar refractivity (Wildman–Crippen MR) is 125 cm³/mol. The van der Waals surface area contributed by atoms with E-state index in [0.29, 0.717) is 28.5 Å². The van der Waals surface area contributed by atoms with Crippen molar-refractivity contribution in [2.75, 3.05) is 33.3 Å². The Bertz CT molecular complexity index is 1200. The lowest BCUT2D eigenvalue weighted by Gasteiger charge is -2.47. The normalized spacial score (nSPS) is 17.1. The first-order chi connectivity index (χ1) is 16.4. The maximum absolute atomic E-state index is 13.5. The number of β-lactam (4-membered cyclic amide) rings is 1. The second kappa shape index (κ2) is 9.30. The minimum atomic E-state index is -0.520. The number of amides is 1. The molecule has 0 radical (unpaired) electrons. The van der Waals surface area contributed by atoms with Gasteiger partial charge in [-0.25, -0.2) is 0 Å². The lowest BCUT2D eigenvalue weighted by atomic mass is 9.77. The third-order valence-corrected chi connectivity index (χ3v) is 5.92. The highest BCUT2D eigenvalue weighted by Gasteiger charge is 2.50. The number of ether oxygens (including phenoxy) is 4. The lowest BCUT2D eigenvalue weighted by molar-refractivity contribution is -0.385. The Morgan fingerprint density at radius 2 is 1.41 bits per heavy atom. The average Bonchev–Trinajstić information content (AvgIpc) is 2.86. The first-order valence-electron chi connectivity index (χ1n) is 10.5. The number of anilines is 1. The van der Waals surface area contributed by atoms with E-state index < -0.39 is 16.9 Å². The Kier molecular flexibility index (Phi) is 6.27. The van der Waals surface area contributed by atoms with E-state index in [9.17, 15) is 14.9 Å². The Balaban J connectivity index is 1.87. The van der Waals surface area contributed by atoms with Gasteiger partial charge in [-0.05, 0) is 17.2 Å². The van der Waals surface area contributed by atoms with E-state index in [2.05, 4.69) is 0 Å². The molecule has 1 heterocycles. The maximum atomic E-state index is 13.5. The van der Waals surface area contributed by atoms with Crippen LogP contribution in [-0.2, 0) is 4.79 Å². The highest BCUT2D eigenvalue weighted by molar-refractivity contribution is 6.07. The molecule has 4 rings (SSSR count). The van der Waals surface area contributed by atoms with Crippen molar-refractivity contribution in [3.8, 4) is 23.0 Å². The molecule has 1 fully saturated rings. The summed E-state index contributed by atoms with van der Waals surface area (Å²) < 4.78 is 21.5. The van der Waals surface area contributed by atoms with Crippen molar-refractivity contribution in [3.63, 3.8) is 0 Å². The summed E-state index contributed by atoms with van der Waals surface area (Å²) in [7, 11) is 5.87. The topological polar surface area (TPSA) is 100 Å². The molecule has 9 nitrogen and oxygen atoms in total. The summed E-state index contributed by atoms with van der Waals surface area (Å²) in [4.78, 5) is 26.3.